The minimum Gasteiger partial charge on any atom is -0.493 e. The normalized spacial score (nSPS) is 10.9. The predicted molar refractivity (Wildman–Crippen MR) is 146 cm³/mol. The standard InChI is InChI=1S/C26H26Cl2N4O3S/c1-5-6-20-10-19(13-29-32-24(33)15-36-26-30-16(2)9-17(3)31-26)12-23(34-4)25(20)35-14-18-7-8-21(27)22(28)11-18/h5,7-13H,1,6,14-15H2,2-4H3,(H,32,33)/b29-13-. The van der Waals surface area contributed by atoms with E-state index < -0.39 is 0 Å². The number of aryl methyl sites for hydroxylation is 2. The zero-order chi connectivity index (χ0) is 26.1. The van der Waals surface area contributed by atoms with Crippen molar-refractivity contribution < 1.29 is 14.3 Å². The molecule has 1 aromatic heterocycles. The number of aromatic nitrogens is 2. The lowest BCUT2D eigenvalue weighted by molar-refractivity contribution is -0.118. The number of benzene rings is 2. The highest BCUT2D eigenvalue weighted by Crippen LogP contribution is 2.34. The Bertz CT molecular complexity index is 1260. The van der Waals surface area contributed by atoms with Crippen molar-refractivity contribution in [3.8, 4) is 11.5 Å². The first kappa shape index (κ1) is 27.5. The van der Waals surface area contributed by atoms with Gasteiger partial charge in [-0.2, -0.15) is 5.10 Å². The molecule has 1 amide bonds. The zero-order valence-electron chi connectivity index (χ0n) is 20.2. The highest BCUT2D eigenvalue weighted by molar-refractivity contribution is 7.99. The third kappa shape index (κ3) is 7.98. The average molecular weight is 545 g/mol. The van der Waals surface area contributed by atoms with Crippen LogP contribution in [0.25, 0.3) is 0 Å². The van der Waals surface area contributed by atoms with Gasteiger partial charge in [0.15, 0.2) is 16.7 Å². The van der Waals surface area contributed by atoms with E-state index in [2.05, 4.69) is 27.1 Å². The van der Waals surface area contributed by atoms with Gasteiger partial charge in [-0.15, -0.1) is 6.58 Å². The van der Waals surface area contributed by atoms with Crippen molar-refractivity contribution in [1.29, 1.82) is 0 Å². The van der Waals surface area contributed by atoms with Gasteiger partial charge in [-0.1, -0.05) is 47.1 Å². The lowest BCUT2D eigenvalue weighted by atomic mass is 10.1. The summed E-state index contributed by atoms with van der Waals surface area (Å²) in [6.45, 7) is 7.89. The molecular weight excluding hydrogens is 519 g/mol. The Hall–Kier alpha value is -3.07. The molecule has 0 aliphatic carbocycles. The van der Waals surface area contributed by atoms with E-state index in [9.17, 15) is 4.79 Å². The van der Waals surface area contributed by atoms with Gasteiger partial charge in [0, 0.05) is 17.0 Å². The summed E-state index contributed by atoms with van der Waals surface area (Å²) < 4.78 is 11.6. The van der Waals surface area contributed by atoms with Crippen molar-refractivity contribution in [2.75, 3.05) is 12.9 Å². The van der Waals surface area contributed by atoms with E-state index in [-0.39, 0.29) is 18.3 Å². The second kappa shape index (κ2) is 13.3. The molecule has 0 unspecified atom stereocenters. The second-order valence-electron chi connectivity index (χ2n) is 7.76. The third-order valence-corrected chi connectivity index (χ3v) is 6.39. The Kier molecular flexibility index (Phi) is 10.2. The number of nitrogens with one attached hydrogen (secondary N) is 1. The molecule has 188 valence electrons. The van der Waals surface area contributed by atoms with Gasteiger partial charge in [0.05, 0.1) is 29.1 Å². The number of rotatable bonds is 11. The first-order valence-electron chi connectivity index (χ1n) is 10.9. The lowest BCUT2D eigenvalue weighted by Crippen LogP contribution is -2.19. The van der Waals surface area contributed by atoms with Crippen LogP contribution in [0.3, 0.4) is 0 Å². The molecule has 3 aromatic rings. The summed E-state index contributed by atoms with van der Waals surface area (Å²) in [4.78, 5) is 20.8. The number of hydrogen-bond acceptors (Lipinski definition) is 7. The number of ether oxygens (including phenoxy) is 2. The number of hydrogen-bond donors (Lipinski definition) is 1. The summed E-state index contributed by atoms with van der Waals surface area (Å²) in [5.74, 6) is 1.00. The van der Waals surface area contributed by atoms with E-state index >= 15 is 0 Å². The molecule has 3 rings (SSSR count). The molecule has 10 heteroatoms. The smallest absolute Gasteiger partial charge is 0.250 e. The number of hydrazone groups is 1. The second-order valence-corrected chi connectivity index (χ2v) is 9.51. The van der Waals surface area contributed by atoms with Crippen molar-refractivity contribution in [3.05, 3.63) is 87.2 Å². The first-order valence-corrected chi connectivity index (χ1v) is 12.7. The number of carbonyl (C=O) groups excluding carboxylic acids is 1. The fourth-order valence-electron chi connectivity index (χ4n) is 3.26. The number of nitrogens with zero attached hydrogens (tertiary/aromatic N) is 3. The fraction of sp³-hybridized carbons (Fsp3) is 0.231. The van der Waals surface area contributed by atoms with Crippen LogP contribution in [0.5, 0.6) is 11.5 Å². The highest BCUT2D eigenvalue weighted by atomic mass is 35.5. The van der Waals surface area contributed by atoms with Crippen LogP contribution in [0.2, 0.25) is 10.0 Å². The molecule has 36 heavy (non-hydrogen) atoms. The molecule has 0 atom stereocenters. The third-order valence-electron chi connectivity index (χ3n) is 4.80. The Morgan fingerprint density at radius 2 is 1.89 bits per heavy atom. The van der Waals surface area contributed by atoms with Gasteiger partial charge < -0.3 is 9.47 Å². The minimum atomic E-state index is -0.265. The molecule has 0 fully saturated rings. The quantitative estimate of drug-likeness (QED) is 0.105. The Balaban J connectivity index is 1.67. The molecule has 1 heterocycles. The molecule has 0 saturated heterocycles. The largest absolute Gasteiger partial charge is 0.493 e. The maximum atomic E-state index is 12.2. The lowest BCUT2D eigenvalue weighted by Gasteiger charge is -2.16. The predicted octanol–water partition coefficient (Wildman–Crippen LogP) is 5.96. The van der Waals surface area contributed by atoms with Crippen molar-refractivity contribution in [1.82, 2.24) is 15.4 Å². The number of carbonyl (C=O) groups is 1. The Morgan fingerprint density at radius 3 is 2.56 bits per heavy atom. The Labute approximate surface area is 224 Å². The van der Waals surface area contributed by atoms with Gasteiger partial charge in [0.25, 0.3) is 5.91 Å². The number of halogens is 2. The monoisotopic (exact) mass is 544 g/mol. The van der Waals surface area contributed by atoms with Crippen LogP contribution >= 0.6 is 35.0 Å². The van der Waals surface area contributed by atoms with E-state index in [1.165, 1.54) is 11.8 Å². The van der Waals surface area contributed by atoms with E-state index in [1.54, 1.807) is 37.6 Å². The summed E-state index contributed by atoms with van der Waals surface area (Å²) in [6, 6.07) is 10.9. The average Bonchev–Trinajstić information content (AvgIpc) is 2.83. The summed E-state index contributed by atoms with van der Waals surface area (Å²) >= 11 is 13.4. The van der Waals surface area contributed by atoms with E-state index in [4.69, 9.17) is 32.7 Å². The maximum Gasteiger partial charge on any atom is 0.250 e. The topological polar surface area (TPSA) is 85.7 Å². The minimum absolute atomic E-state index is 0.146. The molecule has 0 aliphatic rings. The van der Waals surface area contributed by atoms with Crippen molar-refractivity contribution >= 4 is 47.1 Å². The van der Waals surface area contributed by atoms with Crippen LogP contribution < -0.4 is 14.9 Å². The van der Waals surface area contributed by atoms with E-state index in [1.807, 2.05) is 32.0 Å². The highest BCUT2D eigenvalue weighted by Gasteiger charge is 2.13. The van der Waals surface area contributed by atoms with Gasteiger partial charge in [-0.05, 0) is 61.7 Å². The van der Waals surface area contributed by atoms with Crippen molar-refractivity contribution in [3.63, 3.8) is 0 Å². The van der Waals surface area contributed by atoms with Crippen LogP contribution in [0.1, 0.15) is 28.1 Å². The Morgan fingerprint density at radius 1 is 1.14 bits per heavy atom. The molecule has 1 N–H and O–H groups in total. The van der Waals surface area contributed by atoms with Gasteiger partial charge in [-0.25, -0.2) is 15.4 Å². The van der Waals surface area contributed by atoms with Crippen LogP contribution in [-0.4, -0.2) is 35.0 Å². The molecule has 0 spiro atoms. The number of allylic oxidation sites excluding steroid dienone is 1. The summed E-state index contributed by atoms with van der Waals surface area (Å²) in [7, 11) is 1.56. The number of methoxy groups -OCH3 is 1. The zero-order valence-corrected chi connectivity index (χ0v) is 22.5. The molecule has 0 saturated carbocycles. The molecule has 2 aromatic carbocycles. The summed E-state index contributed by atoms with van der Waals surface area (Å²) in [5.41, 5.74) is 6.71. The fourth-order valence-corrected chi connectivity index (χ4v) is 4.33. The maximum absolute atomic E-state index is 12.2. The summed E-state index contributed by atoms with van der Waals surface area (Å²) in [6.07, 6.45) is 3.87. The number of amides is 1. The molecule has 0 radical (unpaired) electrons. The van der Waals surface area contributed by atoms with Crippen LogP contribution in [0, 0.1) is 13.8 Å². The molecule has 0 bridgehead atoms. The summed E-state index contributed by atoms with van der Waals surface area (Å²) in [5, 5.41) is 5.58. The first-order chi connectivity index (χ1) is 17.3. The number of thioether (sulfide) groups is 1. The van der Waals surface area contributed by atoms with E-state index in [0.29, 0.717) is 33.1 Å². The van der Waals surface area contributed by atoms with Gasteiger partial charge in [-0.3, -0.25) is 4.79 Å². The molecular formula is C26H26Cl2N4O3S. The van der Waals surface area contributed by atoms with Crippen LogP contribution in [0.15, 0.2) is 59.3 Å². The van der Waals surface area contributed by atoms with Gasteiger partial charge >= 0.3 is 0 Å². The molecule has 0 aliphatic heterocycles. The van der Waals surface area contributed by atoms with Crippen LogP contribution in [0.4, 0.5) is 0 Å². The van der Waals surface area contributed by atoms with Crippen molar-refractivity contribution in [2.45, 2.75) is 32.0 Å². The van der Waals surface area contributed by atoms with E-state index in [0.717, 1.165) is 28.1 Å². The SMILES string of the molecule is C=CCc1cc(/C=N\NC(=O)CSc2nc(C)cc(C)n2)cc(OC)c1OCc1ccc(Cl)c(Cl)c1. The van der Waals surface area contributed by atoms with Gasteiger partial charge in [0.2, 0.25) is 0 Å². The van der Waals surface area contributed by atoms with Crippen LogP contribution in [-0.2, 0) is 17.8 Å². The van der Waals surface area contributed by atoms with Gasteiger partial charge in [0.1, 0.15) is 6.61 Å². The van der Waals surface area contributed by atoms with Crippen molar-refractivity contribution in [2.24, 2.45) is 5.10 Å². The molecule has 7 nitrogen and oxygen atoms in total.